The minimum Gasteiger partial charge on any atom is -0.449 e. The largest absolute Gasteiger partial charge is 0.514 e. The van der Waals surface area contributed by atoms with Crippen LogP contribution >= 0.6 is 11.6 Å². The molecule has 1 saturated carbocycles. The maximum atomic E-state index is 12.6. The molecule has 170 valence electrons. The predicted molar refractivity (Wildman–Crippen MR) is 121 cm³/mol. The first-order chi connectivity index (χ1) is 14.5. The van der Waals surface area contributed by atoms with Gasteiger partial charge in [-0.15, -0.1) is 0 Å². The maximum Gasteiger partial charge on any atom is 0.514 e. The number of carbonyl (C=O) groups excluding carboxylic acids is 1. The van der Waals surface area contributed by atoms with Gasteiger partial charge in [0, 0.05) is 18.6 Å². The van der Waals surface area contributed by atoms with Crippen LogP contribution in [0.5, 0.6) is 0 Å². The summed E-state index contributed by atoms with van der Waals surface area (Å²) in [6.07, 6.45) is 3.73. The van der Waals surface area contributed by atoms with Crippen molar-refractivity contribution >= 4 is 30.4 Å². The van der Waals surface area contributed by atoms with Crippen molar-refractivity contribution in [1.29, 1.82) is 0 Å². The van der Waals surface area contributed by atoms with E-state index in [1.165, 1.54) is 0 Å². The van der Waals surface area contributed by atoms with Crippen molar-refractivity contribution < 1.29 is 18.8 Å². The van der Waals surface area contributed by atoms with E-state index in [9.17, 15) is 4.79 Å². The smallest absolute Gasteiger partial charge is 0.449 e. The van der Waals surface area contributed by atoms with Gasteiger partial charge < -0.3 is 24.3 Å². The number of nitrogens with one attached hydrogen (secondary N) is 1. The minimum atomic E-state index is -0.587. The molecule has 31 heavy (non-hydrogen) atoms. The third-order valence-electron chi connectivity index (χ3n) is 6.95. The average Bonchev–Trinajstić information content (AvgIpc) is 3.38. The third kappa shape index (κ3) is 4.72. The molecule has 3 heterocycles. The molecule has 1 atom stereocenters. The Hall–Kier alpha value is -1.35. The molecular formula is C22H33BClN3O4. The molecule has 9 heteroatoms. The Morgan fingerprint density at radius 1 is 1.29 bits per heavy atom. The van der Waals surface area contributed by atoms with Gasteiger partial charge in [-0.1, -0.05) is 24.9 Å². The summed E-state index contributed by atoms with van der Waals surface area (Å²) in [7, 11) is -0.587. The summed E-state index contributed by atoms with van der Waals surface area (Å²) in [6, 6.07) is 3.78. The first kappa shape index (κ1) is 22.8. The van der Waals surface area contributed by atoms with Gasteiger partial charge in [0.2, 0.25) is 0 Å². The molecule has 2 aliphatic heterocycles. The lowest BCUT2D eigenvalue weighted by atomic mass is 9.82. The van der Waals surface area contributed by atoms with E-state index in [4.69, 9.17) is 25.6 Å². The Balaban J connectivity index is 1.54. The fourth-order valence-corrected chi connectivity index (χ4v) is 4.33. The second kappa shape index (κ2) is 8.21. The number of pyridine rings is 1. The number of amides is 1. The number of rotatable bonds is 5. The zero-order valence-electron chi connectivity index (χ0n) is 19.2. The van der Waals surface area contributed by atoms with Crippen LogP contribution in [0.4, 0.5) is 4.79 Å². The molecule has 2 saturated heterocycles. The minimum absolute atomic E-state index is 0.0348. The van der Waals surface area contributed by atoms with Crippen LogP contribution in [0.3, 0.4) is 0 Å². The molecule has 0 radical (unpaired) electrons. The molecule has 0 bridgehead atoms. The second-order valence-electron chi connectivity index (χ2n) is 10.1. The van der Waals surface area contributed by atoms with Gasteiger partial charge in [-0.2, -0.15) is 0 Å². The van der Waals surface area contributed by atoms with Gasteiger partial charge >= 0.3 is 13.2 Å². The first-order valence-corrected chi connectivity index (χ1v) is 11.6. The van der Waals surface area contributed by atoms with Crippen LogP contribution in [-0.2, 0) is 14.0 Å². The van der Waals surface area contributed by atoms with Gasteiger partial charge in [0.05, 0.1) is 29.4 Å². The fraction of sp³-hybridized carbons (Fsp3) is 0.727. The van der Waals surface area contributed by atoms with Gasteiger partial charge in [-0.05, 0) is 64.7 Å². The van der Waals surface area contributed by atoms with E-state index < -0.39 is 18.3 Å². The number of halogens is 1. The van der Waals surface area contributed by atoms with Crippen LogP contribution in [0.1, 0.15) is 71.9 Å². The topological polar surface area (TPSA) is 72.9 Å². The predicted octanol–water partition coefficient (Wildman–Crippen LogP) is 3.45. The Bertz CT molecular complexity index is 830. The van der Waals surface area contributed by atoms with Crippen LogP contribution < -0.4 is 10.9 Å². The molecule has 1 amide bonds. The van der Waals surface area contributed by atoms with Crippen molar-refractivity contribution in [2.75, 3.05) is 19.7 Å². The Morgan fingerprint density at radius 2 is 1.97 bits per heavy atom. The number of piperazine rings is 1. The summed E-state index contributed by atoms with van der Waals surface area (Å²) in [5, 5.41) is 4.12. The molecule has 1 aromatic rings. The quantitative estimate of drug-likeness (QED) is 0.422. The highest BCUT2D eigenvalue weighted by Gasteiger charge is 2.53. The SMILES string of the molecule is CCCCOC(=O)N1CC(c2cc(Cl)nc(B3OC(C)(C)C(C)(C)O3)c2)NC2(CC2)C1. The fourth-order valence-electron chi connectivity index (χ4n) is 4.11. The van der Waals surface area contributed by atoms with Crippen molar-refractivity contribution in [1.82, 2.24) is 15.2 Å². The highest BCUT2D eigenvalue weighted by atomic mass is 35.5. The summed E-state index contributed by atoms with van der Waals surface area (Å²) >= 11 is 6.40. The van der Waals surface area contributed by atoms with Crippen molar-refractivity contribution in [3.8, 4) is 0 Å². The zero-order valence-corrected chi connectivity index (χ0v) is 19.9. The number of nitrogens with zero attached hydrogens (tertiary/aromatic N) is 2. The number of ether oxygens (including phenoxy) is 1. The molecule has 7 nitrogen and oxygen atoms in total. The van der Waals surface area contributed by atoms with Crippen LogP contribution in [-0.4, -0.2) is 59.5 Å². The van der Waals surface area contributed by atoms with E-state index in [1.54, 1.807) is 0 Å². The Kier molecular flexibility index (Phi) is 6.05. The molecule has 4 rings (SSSR count). The summed E-state index contributed by atoms with van der Waals surface area (Å²) in [5.74, 6) is 0. The number of carbonyl (C=O) groups is 1. The van der Waals surface area contributed by atoms with Crippen LogP contribution in [0.25, 0.3) is 0 Å². The molecule has 3 fully saturated rings. The molecule has 3 aliphatic rings. The lowest BCUT2D eigenvalue weighted by Gasteiger charge is -2.39. The van der Waals surface area contributed by atoms with Crippen LogP contribution in [0.2, 0.25) is 5.15 Å². The van der Waals surface area contributed by atoms with Crippen molar-refractivity contribution in [3.05, 3.63) is 22.8 Å². The number of hydrogen-bond donors (Lipinski definition) is 1. The first-order valence-electron chi connectivity index (χ1n) is 11.3. The lowest BCUT2D eigenvalue weighted by Crippen LogP contribution is -2.56. The molecule has 1 spiro atoms. The number of hydrogen-bond acceptors (Lipinski definition) is 6. The highest BCUT2D eigenvalue weighted by Crippen LogP contribution is 2.42. The highest BCUT2D eigenvalue weighted by molar-refractivity contribution is 6.61. The zero-order chi connectivity index (χ0) is 22.4. The summed E-state index contributed by atoms with van der Waals surface area (Å²) in [6.45, 7) is 11.8. The van der Waals surface area contributed by atoms with Gasteiger partial charge in [-0.3, -0.25) is 0 Å². The van der Waals surface area contributed by atoms with Crippen molar-refractivity contribution in [2.24, 2.45) is 0 Å². The molecule has 1 aliphatic carbocycles. The van der Waals surface area contributed by atoms with Gasteiger partial charge in [0.1, 0.15) is 5.15 Å². The molecule has 1 aromatic heterocycles. The van der Waals surface area contributed by atoms with E-state index in [0.717, 1.165) is 31.2 Å². The van der Waals surface area contributed by atoms with E-state index in [1.807, 2.05) is 44.7 Å². The number of unbranched alkanes of at least 4 members (excludes halogenated alkanes) is 1. The molecule has 1 N–H and O–H groups in total. The average molecular weight is 450 g/mol. The lowest BCUT2D eigenvalue weighted by molar-refractivity contribution is 0.00578. The van der Waals surface area contributed by atoms with Gasteiger partial charge in [0.25, 0.3) is 0 Å². The summed E-state index contributed by atoms with van der Waals surface area (Å²) in [4.78, 5) is 19.0. The third-order valence-corrected chi connectivity index (χ3v) is 7.14. The summed E-state index contributed by atoms with van der Waals surface area (Å²) in [5.41, 5.74) is 0.675. The van der Waals surface area contributed by atoms with Gasteiger partial charge in [0.15, 0.2) is 0 Å². The monoisotopic (exact) mass is 449 g/mol. The summed E-state index contributed by atoms with van der Waals surface area (Å²) < 4.78 is 17.8. The van der Waals surface area contributed by atoms with E-state index >= 15 is 0 Å². The van der Waals surface area contributed by atoms with E-state index in [0.29, 0.717) is 30.4 Å². The maximum absolute atomic E-state index is 12.6. The van der Waals surface area contributed by atoms with E-state index in [2.05, 4.69) is 17.2 Å². The molecular weight excluding hydrogens is 417 g/mol. The van der Waals surface area contributed by atoms with Crippen molar-refractivity contribution in [3.63, 3.8) is 0 Å². The molecule has 0 aromatic carbocycles. The van der Waals surface area contributed by atoms with Crippen LogP contribution in [0.15, 0.2) is 12.1 Å². The van der Waals surface area contributed by atoms with E-state index in [-0.39, 0.29) is 17.7 Å². The standard InChI is InChI=1S/C22H33BClN3O4/c1-6-7-10-29-19(28)27-13-16(26-22(14-27)8-9-22)15-11-17(25-18(24)12-15)23-30-20(2,3)21(4,5)31-23/h11-12,16,26H,6-10,13-14H2,1-5H3. The Morgan fingerprint density at radius 3 is 2.58 bits per heavy atom. The number of aromatic nitrogens is 1. The van der Waals surface area contributed by atoms with Crippen LogP contribution in [0, 0.1) is 0 Å². The second-order valence-corrected chi connectivity index (χ2v) is 10.4. The normalized spacial score (nSPS) is 25.7. The molecule has 1 unspecified atom stereocenters. The Labute approximate surface area is 190 Å². The van der Waals surface area contributed by atoms with Gasteiger partial charge in [-0.25, -0.2) is 9.78 Å². The van der Waals surface area contributed by atoms with Crippen molar-refractivity contribution in [2.45, 2.75) is 83.1 Å².